The number of hydrogen-bond donors (Lipinski definition) is 3. The summed E-state index contributed by atoms with van der Waals surface area (Å²) in [7, 11) is -9.23. The van der Waals surface area contributed by atoms with E-state index in [1.807, 2.05) is 26.0 Å². The molecule has 4 aromatic carbocycles. The summed E-state index contributed by atoms with van der Waals surface area (Å²) in [5.74, 6) is 0. The molecule has 0 fully saturated rings. The summed E-state index contributed by atoms with van der Waals surface area (Å²) >= 11 is 0. The van der Waals surface area contributed by atoms with Crippen molar-refractivity contribution in [2.45, 2.75) is 30.6 Å². The molecule has 5 aromatic rings. The van der Waals surface area contributed by atoms with Crippen molar-refractivity contribution in [1.29, 1.82) is 0 Å². The summed E-state index contributed by atoms with van der Waals surface area (Å²) in [4.78, 5) is 0.121. The summed E-state index contributed by atoms with van der Waals surface area (Å²) in [6.07, 6.45) is 0. The first kappa shape index (κ1) is 29.6. The molecule has 0 amide bonds. The molecular weight excluding hydrogens is 596 g/mol. The van der Waals surface area contributed by atoms with Crippen LogP contribution in [0.5, 0.6) is 0 Å². The molecule has 0 atom stereocenters. The predicted octanol–water partition coefficient (Wildman–Crippen LogP) is 6.25. The van der Waals surface area contributed by atoms with Crippen molar-refractivity contribution in [2.24, 2.45) is 20.5 Å². The molecule has 0 saturated heterocycles. The summed E-state index contributed by atoms with van der Waals surface area (Å²) in [6.45, 7) is 5.54. The van der Waals surface area contributed by atoms with E-state index in [0.29, 0.717) is 28.3 Å². The van der Waals surface area contributed by atoms with E-state index < -0.39 is 25.1 Å². The van der Waals surface area contributed by atoms with Crippen LogP contribution in [0.4, 0.5) is 28.4 Å². The summed E-state index contributed by atoms with van der Waals surface area (Å²) in [5.41, 5.74) is 10.9. The highest BCUT2D eigenvalue weighted by molar-refractivity contribution is 7.86. The number of aryl methyl sites for hydroxylation is 3. The number of nitrogens with two attached hydrogens (primary N) is 1. The minimum Gasteiger partial charge on any atom is -0.399 e. The van der Waals surface area contributed by atoms with Gasteiger partial charge in [0.2, 0.25) is 0 Å². The van der Waals surface area contributed by atoms with Crippen molar-refractivity contribution in [3.63, 3.8) is 0 Å². The van der Waals surface area contributed by atoms with E-state index >= 15 is 0 Å². The van der Waals surface area contributed by atoms with E-state index in [2.05, 4.69) is 30.7 Å². The second kappa shape index (κ2) is 11.1. The second-order valence-corrected chi connectivity index (χ2v) is 12.4. The van der Waals surface area contributed by atoms with E-state index in [-0.39, 0.29) is 27.3 Å². The van der Waals surface area contributed by atoms with Gasteiger partial charge in [0, 0.05) is 5.69 Å². The number of benzene rings is 4. The van der Waals surface area contributed by atoms with Gasteiger partial charge in [0.15, 0.2) is 0 Å². The van der Waals surface area contributed by atoms with Crippen molar-refractivity contribution < 1.29 is 25.9 Å². The Morgan fingerprint density at radius 3 is 2.00 bits per heavy atom. The number of rotatable bonds is 7. The van der Waals surface area contributed by atoms with Crippen LogP contribution in [0.3, 0.4) is 0 Å². The molecule has 0 spiro atoms. The highest BCUT2D eigenvalue weighted by Gasteiger charge is 2.20. The van der Waals surface area contributed by atoms with E-state index in [1.54, 1.807) is 25.1 Å². The Morgan fingerprint density at radius 1 is 0.674 bits per heavy atom. The zero-order chi connectivity index (χ0) is 31.1. The largest absolute Gasteiger partial charge is 0.399 e. The predicted molar refractivity (Wildman–Crippen MR) is 158 cm³/mol. The molecule has 0 aliphatic heterocycles. The molecule has 43 heavy (non-hydrogen) atoms. The average molecular weight is 621 g/mol. The molecule has 220 valence electrons. The van der Waals surface area contributed by atoms with Gasteiger partial charge >= 0.3 is 0 Å². The number of nitrogens with zero attached hydrogens (tertiary/aromatic N) is 7. The Morgan fingerprint density at radius 2 is 1.33 bits per heavy atom. The Labute approximate surface area is 246 Å². The van der Waals surface area contributed by atoms with Gasteiger partial charge in [-0.25, -0.2) is 0 Å². The van der Waals surface area contributed by atoms with Crippen molar-refractivity contribution >= 4 is 59.7 Å². The van der Waals surface area contributed by atoms with Crippen LogP contribution >= 0.6 is 0 Å². The molecular formula is C27H24N8O6S2. The van der Waals surface area contributed by atoms with Gasteiger partial charge in [-0.05, 0) is 98.1 Å². The van der Waals surface area contributed by atoms with Gasteiger partial charge in [-0.2, -0.15) is 37.0 Å². The minimum absolute atomic E-state index is 0.0706. The van der Waals surface area contributed by atoms with Crippen molar-refractivity contribution in [3.8, 4) is 5.69 Å². The molecule has 0 unspecified atom stereocenters. The van der Waals surface area contributed by atoms with Gasteiger partial charge in [-0.15, -0.1) is 15.3 Å². The number of azo groups is 2. The number of anilines is 1. The standard InChI is InChI=1S/C27H24N8O6S2/c1-15-11-23(17(3)10-21(15)28)31-29-18-7-8-22(16(2)9-18)30-32-26-13-24-25(14-27(26)43(39,40)41)34-35(33-24)19-5-4-6-20(12-19)42(36,37)38/h4-14H,28H2,1-3H3,(H,36,37,38)(H,39,40,41). The highest BCUT2D eigenvalue weighted by Crippen LogP contribution is 2.33. The Balaban J connectivity index is 1.47. The average Bonchev–Trinajstić information content (AvgIpc) is 3.36. The van der Waals surface area contributed by atoms with Crippen molar-refractivity contribution in [2.75, 3.05) is 5.73 Å². The van der Waals surface area contributed by atoms with Crippen LogP contribution in [-0.4, -0.2) is 40.9 Å². The lowest BCUT2D eigenvalue weighted by Gasteiger charge is -2.05. The maximum absolute atomic E-state index is 12.2. The fraction of sp³-hybridized carbons (Fsp3) is 0.111. The van der Waals surface area contributed by atoms with Crippen molar-refractivity contribution in [3.05, 3.63) is 83.4 Å². The van der Waals surface area contributed by atoms with Crippen LogP contribution in [0.25, 0.3) is 16.7 Å². The molecule has 1 heterocycles. The maximum atomic E-state index is 12.2. The molecule has 0 aliphatic carbocycles. The normalized spacial score (nSPS) is 12.6. The third-order valence-electron chi connectivity index (χ3n) is 6.39. The summed E-state index contributed by atoms with van der Waals surface area (Å²) in [6, 6.07) is 16.3. The molecule has 0 aliphatic rings. The maximum Gasteiger partial charge on any atom is 0.296 e. The zero-order valence-corrected chi connectivity index (χ0v) is 24.5. The smallest absolute Gasteiger partial charge is 0.296 e. The van der Waals surface area contributed by atoms with Gasteiger partial charge in [0.1, 0.15) is 21.6 Å². The molecule has 0 bridgehead atoms. The number of nitrogen functional groups attached to an aromatic ring is 1. The first-order valence-corrected chi connectivity index (χ1v) is 15.3. The van der Waals surface area contributed by atoms with E-state index in [0.717, 1.165) is 28.1 Å². The van der Waals surface area contributed by atoms with Gasteiger partial charge < -0.3 is 5.73 Å². The first-order valence-electron chi connectivity index (χ1n) is 12.5. The van der Waals surface area contributed by atoms with Crippen molar-refractivity contribution in [1.82, 2.24) is 15.0 Å². The van der Waals surface area contributed by atoms with Crippen LogP contribution < -0.4 is 5.73 Å². The van der Waals surface area contributed by atoms with Crippen LogP contribution in [0.2, 0.25) is 0 Å². The Bertz CT molecular complexity index is 2190. The fourth-order valence-electron chi connectivity index (χ4n) is 4.07. The second-order valence-electron chi connectivity index (χ2n) is 9.61. The Hall–Kier alpha value is -4.90. The van der Waals surface area contributed by atoms with E-state index in [9.17, 15) is 25.9 Å². The summed E-state index contributed by atoms with van der Waals surface area (Å²) < 4.78 is 66.6. The summed E-state index contributed by atoms with van der Waals surface area (Å²) in [5, 5.41) is 25.3. The first-order chi connectivity index (χ1) is 20.2. The lowest BCUT2D eigenvalue weighted by molar-refractivity contribution is 0.481. The topological polar surface area (TPSA) is 215 Å². The van der Waals surface area contributed by atoms with Gasteiger partial charge in [-0.1, -0.05) is 6.07 Å². The van der Waals surface area contributed by atoms with E-state index in [4.69, 9.17) is 5.73 Å². The number of hydrogen-bond acceptors (Lipinski definition) is 11. The highest BCUT2D eigenvalue weighted by atomic mass is 32.2. The van der Waals surface area contributed by atoms with Crippen LogP contribution in [-0.2, 0) is 20.2 Å². The van der Waals surface area contributed by atoms with Crippen LogP contribution in [0, 0.1) is 20.8 Å². The lowest BCUT2D eigenvalue weighted by atomic mass is 10.1. The van der Waals surface area contributed by atoms with Gasteiger partial charge in [-0.3, -0.25) is 9.11 Å². The zero-order valence-electron chi connectivity index (χ0n) is 22.9. The number of fused-ring (bicyclic) bond motifs is 1. The van der Waals surface area contributed by atoms with Crippen LogP contribution in [0.15, 0.2) is 97.0 Å². The third-order valence-corrected chi connectivity index (χ3v) is 8.12. The Kier molecular flexibility index (Phi) is 7.61. The van der Waals surface area contributed by atoms with E-state index in [1.165, 1.54) is 24.3 Å². The molecule has 4 N–H and O–H groups in total. The third kappa shape index (κ3) is 6.46. The molecule has 0 saturated carbocycles. The van der Waals surface area contributed by atoms with Crippen LogP contribution in [0.1, 0.15) is 16.7 Å². The molecule has 14 nitrogen and oxygen atoms in total. The molecule has 0 radical (unpaired) electrons. The molecule has 16 heteroatoms. The lowest BCUT2D eigenvalue weighted by Crippen LogP contribution is -2.02. The SMILES string of the molecule is Cc1cc(N=Nc2ccc(N=Nc3cc4nn(-c5cccc(S(=O)(=O)O)c5)nc4cc3S(=O)(=O)O)c(C)c2)c(C)cc1N. The van der Waals surface area contributed by atoms with Gasteiger partial charge in [0.25, 0.3) is 20.2 Å². The fourth-order valence-corrected chi connectivity index (χ4v) is 5.21. The minimum atomic E-state index is -4.75. The number of aromatic nitrogens is 3. The monoisotopic (exact) mass is 620 g/mol. The molecule has 5 rings (SSSR count). The quantitative estimate of drug-likeness (QED) is 0.106. The molecule has 1 aromatic heterocycles. The van der Waals surface area contributed by atoms with Gasteiger partial charge in [0.05, 0.1) is 27.6 Å².